The van der Waals surface area contributed by atoms with Crippen LogP contribution in [0.4, 0.5) is 4.39 Å². The highest BCUT2D eigenvalue weighted by Gasteiger charge is 2.24. The standard InChI is InChI=1S/C19H30FNO/c1-2-3-15-4-6-17(7-5-15)14-22-19-10-8-16(9-11-19)12-18(20)13-21/h12,15-17,19H,2-11,14H2,1H3/b18-12+. The smallest absolute Gasteiger partial charge is 0.196 e. The van der Waals surface area contributed by atoms with E-state index in [9.17, 15) is 4.39 Å². The van der Waals surface area contributed by atoms with E-state index in [0.717, 1.165) is 44.1 Å². The van der Waals surface area contributed by atoms with E-state index in [1.54, 1.807) is 6.07 Å². The van der Waals surface area contributed by atoms with Crippen molar-refractivity contribution in [3.05, 3.63) is 11.9 Å². The van der Waals surface area contributed by atoms with Crippen LogP contribution in [0.5, 0.6) is 0 Å². The molecule has 0 bridgehead atoms. The van der Waals surface area contributed by atoms with Crippen LogP contribution >= 0.6 is 0 Å². The molecule has 2 saturated carbocycles. The van der Waals surface area contributed by atoms with Crippen LogP contribution in [0.3, 0.4) is 0 Å². The van der Waals surface area contributed by atoms with E-state index in [4.69, 9.17) is 10.00 Å². The molecule has 124 valence electrons. The fourth-order valence-electron chi connectivity index (χ4n) is 4.03. The average molecular weight is 307 g/mol. The first-order chi connectivity index (χ1) is 10.7. The molecule has 0 N–H and O–H groups in total. The van der Waals surface area contributed by atoms with Crippen LogP contribution < -0.4 is 0 Å². The minimum absolute atomic E-state index is 0.226. The number of ether oxygens (including phenoxy) is 1. The zero-order chi connectivity index (χ0) is 15.8. The molecule has 0 amide bonds. The molecule has 0 atom stereocenters. The normalized spacial score (nSPS) is 33.4. The van der Waals surface area contributed by atoms with Gasteiger partial charge < -0.3 is 4.74 Å². The van der Waals surface area contributed by atoms with Gasteiger partial charge in [0.25, 0.3) is 0 Å². The average Bonchev–Trinajstić information content (AvgIpc) is 2.56. The molecule has 0 aromatic carbocycles. The van der Waals surface area contributed by atoms with Crippen molar-refractivity contribution < 1.29 is 9.13 Å². The van der Waals surface area contributed by atoms with E-state index in [1.807, 2.05) is 0 Å². The first kappa shape index (κ1) is 17.5. The molecule has 2 aliphatic carbocycles. The molecule has 0 aromatic heterocycles. The molecule has 2 aliphatic rings. The van der Waals surface area contributed by atoms with Gasteiger partial charge in [0.05, 0.1) is 6.10 Å². The molecule has 2 fully saturated rings. The summed E-state index contributed by atoms with van der Waals surface area (Å²) in [5.74, 6) is 1.30. The maximum absolute atomic E-state index is 13.0. The molecule has 0 spiro atoms. The second kappa shape index (κ2) is 9.30. The lowest BCUT2D eigenvalue weighted by molar-refractivity contribution is -0.00667. The van der Waals surface area contributed by atoms with E-state index < -0.39 is 5.83 Å². The molecule has 0 radical (unpaired) electrons. The van der Waals surface area contributed by atoms with Crippen LogP contribution in [0.1, 0.15) is 71.1 Å². The summed E-state index contributed by atoms with van der Waals surface area (Å²) in [6, 6.07) is 1.57. The topological polar surface area (TPSA) is 33.0 Å². The van der Waals surface area contributed by atoms with Crippen molar-refractivity contribution >= 4 is 0 Å². The molecule has 2 rings (SSSR count). The lowest BCUT2D eigenvalue weighted by atomic mass is 9.80. The lowest BCUT2D eigenvalue weighted by Gasteiger charge is -2.31. The van der Waals surface area contributed by atoms with Crippen molar-refractivity contribution in [2.45, 2.75) is 77.2 Å². The second-order valence-electron chi connectivity index (χ2n) is 7.17. The van der Waals surface area contributed by atoms with Crippen LogP contribution in [0.2, 0.25) is 0 Å². The Balaban J connectivity index is 1.61. The fourth-order valence-corrected chi connectivity index (χ4v) is 4.03. The lowest BCUT2D eigenvalue weighted by Crippen LogP contribution is -2.25. The minimum Gasteiger partial charge on any atom is -0.378 e. The molecular formula is C19H30FNO. The Labute approximate surface area is 134 Å². The van der Waals surface area contributed by atoms with Crippen molar-refractivity contribution in [3.63, 3.8) is 0 Å². The Hall–Kier alpha value is -0.880. The summed E-state index contributed by atoms with van der Waals surface area (Å²) in [5, 5.41) is 8.48. The van der Waals surface area contributed by atoms with Crippen molar-refractivity contribution in [2.75, 3.05) is 6.61 Å². The van der Waals surface area contributed by atoms with E-state index in [2.05, 4.69) is 6.92 Å². The van der Waals surface area contributed by atoms with Gasteiger partial charge in [-0.2, -0.15) is 9.65 Å². The summed E-state index contributed by atoms with van der Waals surface area (Å²) < 4.78 is 19.1. The quantitative estimate of drug-likeness (QED) is 0.603. The van der Waals surface area contributed by atoms with E-state index in [-0.39, 0.29) is 5.92 Å². The second-order valence-corrected chi connectivity index (χ2v) is 7.17. The predicted octanol–water partition coefficient (Wildman–Crippen LogP) is 5.55. The molecular weight excluding hydrogens is 277 g/mol. The summed E-state index contributed by atoms with van der Waals surface area (Å²) in [4.78, 5) is 0. The Morgan fingerprint density at radius 3 is 2.32 bits per heavy atom. The van der Waals surface area contributed by atoms with E-state index in [0.29, 0.717) is 6.10 Å². The SMILES string of the molecule is CCCC1CCC(COC2CCC(/C=C(/F)C#N)CC2)CC1. The van der Waals surface area contributed by atoms with Gasteiger partial charge in [-0.1, -0.05) is 32.6 Å². The third-order valence-electron chi connectivity index (χ3n) is 5.44. The fraction of sp³-hybridized carbons (Fsp3) is 0.842. The van der Waals surface area contributed by atoms with Crippen LogP contribution in [-0.2, 0) is 4.74 Å². The maximum Gasteiger partial charge on any atom is 0.196 e. The molecule has 0 saturated heterocycles. The molecule has 0 unspecified atom stereocenters. The predicted molar refractivity (Wildman–Crippen MR) is 86.9 cm³/mol. The Morgan fingerprint density at radius 2 is 1.73 bits per heavy atom. The van der Waals surface area contributed by atoms with Crippen molar-refractivity contribution in [1.29, 1.82) is 5.26 Å². The van der Waals surface area contributed by atoms with Gasteiger partial charge in [0, 0.05) is 6.61 Å². The zero-order valence-corrected chi connectivity index (χ0v) is 13.9. The summed E-state index contributed by atoms with van der Waals surface area (Å²) >= 11 is 0. The van der Waals surface area contributed by atoms with Gasteiger partial charge in [0.1, 0.15) is 6.07 Å². The number of halogens is 1. The summed E-state index contributed by atoms with van der Waals surface area (Å²) in [7, 11) is 0. The van der Waals surface area contributed by atoms with Crippen LogP contribution in [0.25, 0.3) is 0 Å². The number of nitrogens with zero attached hydrogens (tertiary/aromatic N) is 1. The first-order valence-corrected chi connectivity index (χ1v) is 9.10. The maximum atomic E-state index is 13.0. The zero-order valence-electron chi connectivity index (χ0n) is 13.9. The number of hydrogen-bond donors (Lipinski definition) is 0. The van der Waals surface area contributed by atoms with Gasteiger partial charge in [-0.25, -0.2) is 0 Å². The van der Waals surface area contributed by atoms with Gasteiger partial charge in [-0.3, -0.25) is 0 Å². The van der Waals surface area contributed by atoms with Crippen molar-refractivity contribution in [1.82, 2.24) is 0 Å². The molecule has 0 aromatic rings. The third-order valence-corrected chi connectivity index (χ3v) is 5.44. The molecule has 3 heteroatoms. The number of hydrogen-bond acceptors (Lipinski definition) is 2. The van der Waals surface area contributed by atoms with E-state index in [1.165, 1.54) is 44.6 Å². The third kappa shape index (κ3) is 5.72. The highest BCUT2D eigenvalue weighted by Crippen LogP contribution is 2.33. The molecule has 2 nitrogen and oxygen atoms in total. The monoisotopic (exact) mass is 307 g/mol. The summed E-state index contributed by atoms with van der Waals surface area (Å²) in [5.41, 5.74) is 0. The van der Waals surface area contributed by atoms with Crippen LogP contribution in [0, 0.1) is 29.1 Å². The Kier molecular flexibility index (Phi) is 7.39. The Bertz CT molecular complexity index is 385. The van der Waals surface area contributed by atoms with Gasteiger partial charge in [0.15, 0.2) is 5.83 Å². The van der Waals surface area contributed by atoms with Crippen LogP contribution in [0.15, 0.2) is 11.9 Å². The van der Waals surface area contributed by atoms with Gasteiger partial charge >= 0.3 is 0 Å². The van der Waals surface area contributed by atoms with Crippen molar-refractivity contribution in [2.24, 2.45) is 17.8 Å². The van der Waals surface area contributed by atoms with Gasteiger partial charge in [-0.15, -0.1) is 0 Å². The number of allylic oxidation sites excluding steroid dienone is 2. The van der Waals surface area contributed by atoms with Gasteiger partial charge in [-0.05, 0) is 62.4 Å². The minimum atomic E-state index is -0.631. The highest BCUT2D eigenvalue weighted by molar-refractivity contribution is 5.13. The number of nitriles is 1. The molecule has 0 heterocycles. The first-order valence-electron chi connectivity index (χ1n) is 9.10. The Morgan fingerprint density at radius 1 is 1.09 bits per heavy atom. The number of rotatable bonds is 6. The molecule has 22 heavy (non-hydrogen) atoms. The largest absolute Gasteiger partial charge is 0.378 e. The highest BCUT2D eigenvalue weighted by atomic mass is 19.1. The van der Waals surface area contributed by atoms with E-state index >= 15 is 0 Å². The van der Waals surface area contributed by atoms with Crippen LogP contribution in [-0.4, -0.2) is 12.7 Å². The van der Waals surface area contributed by atoms with Crippen molar-refractivity contribution in [3.8, 4) is 6.07 Å². The summed E-state index contributed by atoms with van der Waals surface area (Å²) in [6.45, 7) is 3.19. The van der Waals surface area contributed by atoms with Gasteiger partial charge in [0.2, 0.25) is 0 Å². The summed E-state index contributed by atoms with van der Waals surface area (Å²) in [6.07, 6.45) is 13.9. The molecule has 0 aliphatic heterocycles.